The van der Waals surface area contributed by atoms with Crippen LogP contribution in [0.5, 0.6) is 0 Å². The molecule has 2 aliphatic rings. The molecule has 1 heterocycles. The molecule has 1 saturated heterocycles. The molecule has 1 saturated carbocycles. The van der Waals surface area contributed by atoms with E-state index < -0.39 is 10.0 Å². The summed E-state index contributed by atoms with van der Waals surface area (Å²) in [5, 5.41) is 0. The van der Waals surface area contributed by atoms with Crippen LogP contribution in [-0.2, 0) is 10.0 Å². The molecule has 10 heavy (non-hydrogen) atoms. The van der Waals surface area contributed by atoms with Crippen LogP contribution in [0.25, 0.3) is 0 Å². The first-order valence-corrected chi connectivity index (χ1v) is 5.31. The summed E-state index contributed by atoms with van der Waals surface area (Å²) < 4.78 is 24.7. The van der Waals surface area contributed by atoms with Gasteiger partial charge in [-0.15, -0.1) is 0 Å². The van der Waals surface area contributed by atoms with Gasteiger partial charge in [0, 0.05) is 6.04 Å². The van der Waals surface area contributed by atoms with Crippen molar-refractivity contribution in [1.82, 2.24) is 4.72 Å². The molecule has 58 valence electrons. The normalized spacial score (nSPS) is 43.6. The Morgan fingerprint density at radius 1 is 1.30 bits per heavy atom. The van der Waals surface area contributed by atoms with Crippen molar-refractivity contribution in [3.8, 4) is 0 Å². The van der Waals surface area contributed by atoms with Gasteiger partial charge in [0.1, 0.15) is 0 Å². The summed E-state index contributed by atoms with van der Waals surface area (Å²) in [7, 11) is -2.87. The van der Waals surface area contributed by atoms with Crippen molar-refractivity contribution in [2.75, 3.05) is 5.75 Å². The zero-order valence-corrected chi connectivity index (χ0v) is 6.52. The first-order chi connectivity index (χ1) is 4.66. The van der Waals surface area contributed by atoms with Crippen molar-refractivity contribution in [2.45, 2.75) is 25.3 Å². The average Bonchev–Trinajstić information content (AvgIpc) is 2.08. The van der Waals surface area contributed by atoms with Crippen molar-refractivity contribution in [1.29, 1.82) is 0 Å². The average molecular weight is 161 g/mol. The van der Waals surface area contributed by atoms with E-state index in [1.165, 1.54) is 0 Å². The third-order valence-electron chi connectivity index (χ3n) is 2.34. The quantitative estimate of drug-likeness (QED) is 0.547. The number of sulfonamides is 1. The summed E-state index contributed by atoms with van der Waals surface area (Å²) in [5.74, 6) is 0.819. The molecular weight excluding hydrogens is 150 g/mol. The molecule has 1 N–H and O–H groups in total. The van der Waals surface area contributed by atoms with E-state index in [1.54, 1.807) is 0 Å². The zero-order chi connectivity index (χ0) is 7.19. The molecule has 0 spiro atoms. The van der Waals surface area contributed by atoms with Crippen LogP contribution in [0.15, 0.2) is 0 Å². The van der Waals surface area contributed by atoms with Crippen LogP contribution in [-0.4, -0.2) is 20.2 Å². The first-order valence-electron chi connectivity index (χ1n) is 3.66. The van der Waals surface area contributed by atoms with Crippen LogP contribution in [0.4, 0.5) is 0 Å². The van der Waals surface area contributed by atoms with Gasteiger partial charge in [-0.1, -0.05) is 0 Å². The number of hydrogen-bond acceptors (Lipinski definition) is 2. The number of nitrogens with one attached hydrogen (secondary N) is 1. The SMILES string of the molecule is O=S1(=O)C[C@@H]2CC[C@@H](C2)N1. The van der Waals surface area contributed by atoms with E-state index in [2.05, 4.69) is 4.72 Å². The molecule has 0 radical (unpaired) electrons. The van der Waals surface area contributed by atoms with Crippen molar-refractivity contribution in [3.63, 3.8) is 0 Å². The maximum atomic E-state index is 11.0. The van der Waals surface area contributed by atoms with Crippen molar-refractivity contribution in [3.05, 3.63) is 0 Å². The van der Waals surface area contributed by atoms with E-state index in [0.29, 0.717) is 11.7 Å². The molecule has 3 nitrogen and oxygen atoms in total. The Morgan fingerprint density at radius 2 is 2.10 bits per heavy atom. The minimum atomic E-state index is -2.87. The van der Waals surface area contributed by atoms with Gasteiger partial charge in [0.25, 0.3) is 0 Å². The molecule has 0 amide bonds. The number of fused-ring (bicyclic) bond motifs is 2. The van der Waals surface area contributed by atoms with Crippen molar-refractivity contribution < 1.29 is 8.42 Å². The first kappa shape index (κ1) is 6.61. The third kappa shape index (κ3) is 1.06. The van der Waals surface area contributed by atoms with Crippen LogP contribution >= 0.6 is 0 Å². The fraction of sp³-hybridized carbons (Fsp3) is 1.00. The molecule has 2 atom stereocenters. The van der Waals surface area contributed by atoms with Gasteiger partial charge in [0.15, 0.2) is 0 Å². The molecule has 1 aliphatic carbocycles. The molecule has 0 aromatic heterocycles. The zero-order valence-electron chi connectivity index (χ0n) is 5.71. The predicted molar refractivity (Wildman–Crippen MR) is 38.1 cm³/mol. The van der Waals surface area contributed by atoms with Crippen LogP contribution in [0.1, 0.15) is 19.3 Å². The summed E-state index contributed by atoms with van der Waals surface area (Å²) in [6.45, 7) is 0. The Hall–Kier alpha value is -0.0900. The molecule has 4 heteroatoms. The van der Waals surface area contributed by atoms with Gasteiger partial charge in [-0.25, -0.2) is 13.1 Å². The lowest BCUT2D eigenvalue weighted by atomic mass is 10.1. The highest BCUT2D eigenvalue weighted by Gasteiger charge is 2.35. The van der Waals surface area contributed by atoms with Gasteiger partial charge in [0.2, 0.25) is 10.0 Å². The van der Waals surface area contributed by atoms with Crippen LogP contribution in [0.3, 0.4) is 0 Å². The maximum Gasteiger partial charge on any atom is 0.212 e. The van der Waals surface area contributed by atoms with E-state index >= 15 is 0 Å². The van der Waals surface area contributed by atoms with E-state index in [4.69, 9.17) is 0 Å². The molecule has 2 rings (SSSR count). The van der Waals surface area contributed by atoms with E-state index in [9.17, 15) is 8.42 Å². The topological polar surface area (TPSA) is 46.2 Å². The smallest absolute Gasteiger partial charge is 0.212 e. The van der Waals surface area contributed by atoms with E-state index in [0.717, 1.165) is 19.3 Å². The Balaban J connectivity index is 2.25. The molecule has 1 aliphatic heterocycles. The minimum Gasteiger partial charge on any atom is -0.212 e. The molecule has 2 fully saturated rings. The minimum absolute atomic E-state index is 0.267. The largest absolute Gasteiger partial charge is 0.212 e. The monoisotopic (exact) mass is 161 g/mol. The van der Waals surface area contributed by atoms with Crippen LogP contribution < -0.4 is 4.72 Å². The fourth-order valence-corrected chi connectivity index (χ4v) is 3.69. The summed E-state index contributed by atoms with van der Waals surface area (Å²) in [5.41, 5.74) is 0. The van der Waals surface area contributed by atoms with Crippen molar-refractivity contribution in [2.24, 2.45) is 5.92 Å². The molecule has 0 aromatic rings. The highest BCUT2D eigenvalue weighted by Crippen LogP contribution is 2.30. The summed E-state index contributed by atoms with van der Waals surface area (Å²) in [6, 6.07) is 0.267. The van der Waals surface area contributed by atoms with Crippen LogP contribution in [0.2, 0.25) is 0 Å². The van der Waals surface area contributed by atoms with E-state index in [-0.39, 0.29) is 6.04 Å². The van der Waals surface area contributed by atoms with Gasteiger partial charge >= 0.3 is 0 Å². The van der Waals surface area contributed by atoms with Gasteiger partial charge < -0.3 is 0 Å². The summed E-state index contributed by atoms with van der Waals surface area (Å²) in [6.07, 6.45) is 3.21. The Morgan fingerprint density at radius 3 is 2.80 bits per heavy atom. The lowest BCUT2D eigenvalue weighted by Crippen LogP contribution is -2.39. The van der Waals surface area contributed by atoms with Gasteiger partial charge in [-0.2, -0.15) is 0 Å². The highest BCUT2D eigenvalue weighted by molar-refractivity contribution is 7.89. The standard InChI is InChI=1S/C6H11NO2S/c8-10(9)4-5-1-2-6(3-5)7-10/h5-7H,1-4H2/t5-,6+/m1/s1. The number of hydrogen-bond donors (Lipinski definition) is 1. The van der Waals surface area contributed by atoms with Crippen molar-refractivity contribution >= 4 is 10.0 Å². The maximum absolute atomic E-state index is 11.0. The second-order valence-corrected chi connectivity index (χ2v) is 5.07. The Bertz CT molecular complexity index is 216. The number of rotatable bonds is 0. The molecule has 0 unspecified atom stereocenters. The van der Waals surface area contributed by atoms with Crippen LogP contribution in [0, 0.1) is 5.92 Å². The highest BCUT2D eigenvalue weighted by atomic mass is 32.2. The lowest BCUT2D eigenvalue weighted by molar-refractivity contribution is 0.497. The lowest BCUT2D eigenvalue weighted by Gasteiger charge is -2.19. The Kier molecular flexibility index (Phi) is 1.29. The summed E-state index contributed by atoms with van der Waals surface area (Å²) >= 11 is 0. The second kappa shape index (κ2) is 1.95. The molecular formula is C6H11NO2S. The van der Waals surface area contributed by atoms with E-state index in [1.807, 2.05) is 0 Å². The molecule has 0 aromatic carbocycles. The van der Waals surface area contributed by atoms with Gasteiger partial charge in [-0.3, -0.25) is 0 Å². The van der Waals surface area contributed by atoms with Gasteiger partial charge in [-0.05, 0) is 25.2 Å². The summed E-state index contributed by atoms with van der Waals surface area (Å²) in [4.78, 5) is 0. The molecule has 2 bridgehead atoms. The van der Waals surface area contributed by atoms with Gasteiger partial charge in [0.05, 0.1) is 5.75 Å². The fourth-order valence-electron chi connectivity index (χ4n) is 1.95. The predicted octanol–water partition coefficient (Wildman–Crippen LogP) is 0.0881. The third-order valence-corrected chi connectivity index (χ3v) is 3.95. The second-order valence-electron chi connectivity index (χ2n) is 3.28. The Labute approximate surface area is 60.9 Å².